The molecule has 1 aromatic heterocycles. The van der Waals surface area contributed by atoms with Crippen LogP contribution in [0.2, 0.25) is 0 Å². The van der Waals surface area contributed by atoms with Gasteiger partial charge in [-0.05, 0) is 60.2 Å². The zero-order valence-corrected chi connectivity index (χ0v) is 14.7. The molecule has 4 rings (SSSR count). The van der Waals surface area contributed by atoms with E-state index in [0.717, 1.165) is 23.8 Å². The van der Waals surface area contributed by atoms with Crippen LogP contribution >= 0.6 is 11.3 Å². The first-order valence-electron chi connectivity index (χ1n) is 8.74. The number of ether oxygens (including phenoxy) is 1. The molecule has 1 amide bonds. The molecule has 2 aromatic rings. The maximum atomic E-state index is 12.8. The normalized spacial score (nSPS) is 24.7. The van der Waals surface area contributed by atoms with Crippen molar-refractivity contribution in [1.82, 2.24) is 4.90 Å². The van der Waals surface area contributed by atoms with Gasteiger partial charge in [0.25, 0.3) is 5.91 Å². The molecular formula is C19H21NO4S. The number of fused-ring (bicyclic) bond motifs is 1. The molecule has 1 aromatic carbocycles. The van der Waals surface area contributed by atoms with Crippen LogP contribution in [-0.2, 0) is 9.53 Å². The summed E-state index contributed by atoms with van der Waals surface area (Å²) in [5, 5.41) is 12.5. The Hall–Kier alpha value is -1.92. The number of nitrogens with zero attached hydrogens (tertiary/aromatic N) is 1. The van der Waals surface area contributed by atoms with E-state index in [4.69, 9.17) is 4.74 Å². The third-order valence-electron chi connectivity index (χ3n) is 5.44. The number of aliphatic carboxylic acids is 1. The van der Waals surface area contributed by atoms with Gasteiger partial charge >= 0.3 is 5.97 Å². The van der Waals surface area contributed by atoms with Crippen LogP contribution in [0.3, 0.4) is 0 Å². The Morgan fingerprint density at radius 2 is 1.96 bits per heavy atom. The number of thiophene rings is 1. The Kier molecular flexibility index (Phi) is 4.48. The van der Waals surface area contributed by atoms with Gasteiger partial charge in [-0.2, -0.15) is 0 Å². The summed E-state index contributed by atoms with van der Waals surface area (Å²) in [5.74, 6) is -0.862. The van der Waals surface area contributed by atoms with Crippen LogP contribution in [0.4, 0.5) is 0 Å². The quantitative estimate of drug-likeness (QED) is 0.914. The van der Waals surface area contributed by atoms with E-state index in [2.05, 4.69) is 0 Å². The molecule has 0 saturated carbocycles. The van der Waals surface area contributed by atoms with Crippen molar-refractivity contribution in [3.8, 4) is 0 Å². The molecule has 0 bridgehead atoms. The molecule has 3 heterocycles. The van der Waals surface area contributed by atoms with Gasteiger partial charge in [0.05, 0.1) is 12.0 Å². The molecule has 2 atom stereocenters. The number of carbonyl (C=O) groups excluding carboxylic acids is 1. The van der Waals surface area contributed by atoms with Crippen LogP contribution in [0.1, 0.15) is 29.6 Å². The standard InChI is InChI=1S/C19H21NO4S/c21-18(14-1-2-16-13(11-14)6-10-25-16)20-7-3-12(4-8-20)17-15(19(22)23)5-9-24-17/h1-2,6,10-12,15,17H,3-5,7-9H2,(H,22,23)/t15?,17-/m0/s1. The number of carboxylic acids is 1. The van der Waals surface area contributed by atoms with Gasteiger partial charge in [-0.25, -0.2) is 0 Å². The number of benzene rings is 1. The van der Waals surface area contributed by atoms with Gasteiger partial charge < -0.3 is 14.7 Å². The number of piperidine rings is 1. The Morgan fingerprint density at radius 3 is 2.72 bits per heavy atom. The Bertz CT molecular complexity index is 794. The molecular weight excluding hydrogens is 338 g/mol. The summed E-state index contributed by atoms with van der Waals surface area (Å²) in [5.41, 5.74) is 0.727. The van der Waals surface area contributed by atoms with E-state index >= 15 is 0 Å². The zero-order chi connectivity index (χ0) is 17.4. The first-order valence-corrected chi connectivity index (χ1v) is 9.62. The smallest absolute Gasteiger partial charge is 0.309 e. The number of hydrogen-bond donors (Lipinski definition) is 1. The number of carboxylic acid groups (broad SMARTS) is 1. The fourth-order valence-electron chi connectivity index (χ4n) is 4.05. The second-order valence-corrected chi connectivity index (χ2v) is 7.82. The first kappa shape index (κ1) is 16.5. The van der Waals surface area contributed by atoms with Crippen molar-refractivity contribution in [2.24, 2.45) is 11.8 Å². The molecule has 2 saturated heterocycles. The van der Waals surface area contributed by atoms with Crippen LogP contribution in [0.5, 0.6) is 0 Å². The average molecular weight is 359 g/mol. The van der Waals surface area contributed by atoms with Gasteiger partial charge in [0.1, 0.15) is 0 Å². The van der Waals surface area contributed by atoms with Gasteiger partial charge in [-0.1, -0.05) is 0 Å². The molecule has 2 aliphatic heterocycles. The highest BCUT2D eigenvalue weighted by atomic mass is 32.1. The lowest BCUT2D eigenvalue weighted by Gasteiger charge is -2.35. The van der Waals surface area contributed by atoms with Crippen molar-refractivity contribution >= 4 is 33.3 Å². The van der Waals surface area contributed by atoms with Crippen molar-refractivity contribution in [2.45, 2.75) is 25.4 Å². The summed E-state index contributed by atoms with van der Waals surface area (Å²) in [7, 11) is 0. The third-order valence-corrected chi connectivity index (χ3v) is 6.34. The average Bonchev–Trinajstić information content (AvgIpc) is 3.29. The van der Waals surface area contributed by atoms with Gasteiger partial charge in [0.2, 0.25) is 0 Å². The maximum Gasteiger partial charge on any atom is 0.309 e. The van der Waals surface area contributed by atoms with Gasteiger partial charge in [-0.3, -0.25) is 9.59 Å². The SMILES string of the molecule is O=C(O)C1CCO[C@H]1C1CCN(C(=O)c2ccc3sccc3c2)CC1. The van der Waals surface area contributed by atoms with Crippen LogP contribution < -0.4 is 0 Å². The lowest BCUT2D eigenvalue weighted by atomic mass is 9.84. The first-order chi connectivity index (χ1) is 12.1. The number of rotatable bonds is 3. The van der Waals surface area contributed by atoms with Crippen molar-refractivity contribution < 1.29 is 19.4 Å². The zero-order valence-electron chi connectivity index (χ0n) is 13.9. The van der Waals surface area contributed by atoms with Gasteiger partial charge in [-0.15, -0.1) is 11.3 Å². The topological polar surface area (TPSA) is 66.8 Å². The summed E-state index contributed by atoms with van der Waals surface area (Å²) in [4.78, 5) is 26.0. The molecule has 2 fully saturated rings. The van der Waals surface area contributed by atoms with E-state index in [1.165, 1.54) is 4.70 Å². The summed E-state index contributed by atoms with van der Waals surface area (Å²) < 4.78 is 6.89. The lowest BCUT2D eigenvalue weighted by molar-refractivity contribution is -0.145. The Balaban J connectivity index is 1.41. The molecule has 6 heteroatoms. The van der Waals surface area contributed by atoms with Crippen LogP contribution in [-0.4, -0.2) is 47.7 Å². The van der Waals surface area contributed by atoms with Crippen LogP contribution in [0.25, 0.3) is 10.1 Å². The summed E-state index contributed by atoms with van der Waals surface area (Å²) in [6, 6.07) is 7.89. The molecule has 0 spiro atoms. The molecule has 1 N–H and O–H groups in total. The second kappa shape index (κ2) is 6.77. The Labute approximate surface area is 150 Å². The predicted molar refractivity (Wildman–Crippen MR) is 95.9 cm³/mol. The van der Waals surface area contributed by atoms with E-state index < -0.39 is 11.9 Å². The largest absolute Gasteiger partial charge is 0.481 e. The number of hydrogen-bond acceptors (Lipinski definition) is 4. The number of carbonyl (C=O) groups is 2. The summed E-state index contributed by atoms with van der Waals surface area (Å²) in [6.07, 6.45) is 2.01. The minimum Gasteiger partial charge on any atom is -0.481 e. The Morgan fingerprint density at radius 1 is 1.16 bits per heavy atom. The minimum atomic E-state index is -0.759. The van der Waals surface area contributed by atoms with Crippen molar-refractivity contribution in [3.63, 3.8) is 0 Å². The number of amides is 1. The van der Waals surface area contributed by atoms with E-state index in [9.17, 15) is 14.7 Å². The van der Waals surface area contributed by atoms with Crippen molar-refractivity contribution in [3.05, 3.63) is 35.2 Å². The van der Waals surface area contributed by atoms with Crippen LogP contribution in [0.15, 0.2) is 29.6 Å². The highest BCUT2D eigenvalue weighted by Crippen LogP contribution is 2.33. The summed E-state index contributed by atoms with van der Waals surface area (Å²) in [6.45, 7) is 1.86. The van der Waals surface area contributed by atoms with Crippen molar-refractivity contribution in [1.29, 1.82) is 0 Å². The highest BCUT2D eigenvalue weighted by molar-refractivity contribution is 7.17. The van der Waals surface area contributed by atoms with Crippen LogP contribution in [0, 0.1) is 11.8 Å². The molecule has 1 unspecified atom stereocenters. The summed E-state index contributed by atoms with van der Waals surface area (Å²) >= 11 is 1.67. The fraction of sp³-hybridized carbons (Fsp3) is 0.474. The highest BCUT2D eigenvalue weighted by Gasteiger charge is 2.40. The van der Waals surface area contributed by atoms with E-state index in [0.29, 0.717) is 26.1 Å². The lowest BCUT2D eigenvalue weighted by Crippen LogP contribution is -2.43. The molecule has 2 aliphatic rings. The third kappa shape index (κ3) is 3.16. The van der Waals surface area contributed by atoms with E-state index in [1.54, 1.807) is 11.3 Å². The minimum absolute atomic E-state index is 0.0636. The molecule has 132 valence electrons. The van der Waals surface area contributed by atoms with Gasteiger partial charge in [0.15, 0.2) is 0 Å². The fourth-order valence-corrected chi connectivity index (χ4v) is 4.82. The predicted octanol–water partition coefficient (Wildman–Crippen LogP) is 3.24. The van der Waals surface area contributed by atoms with Gasteiger partial charge in [0, 0.05) is 30.0 Å². The maximum absolute atomic E-state index is 12.8. The molecule has 0 aliphatic carbocycles. The van der Waals surface area contributed by atoms with Crippen molar-refractivity contribution in [2.75, 3.05) is 19.7 Å². The molecule has 25 heavy (non-hydrogen) atoms. The second-order valence-electron chi connectivity index (χ2n) is 6.87. The number of likely N-dealkylation sites (tertiary alicyclic amines) is 1. The van der Waals surface area contributed by atoms with E-state index in [1.807, 2.05) is 34.5 Å². The molecule has 0 radical (unpaired) electrons. The molecule has 5 nitrogen and oxygen atoms in total. The monoisotopic (exact) mass is 359 g/mol. The van der Waals surface area contributed by atoms with E-state index in [-0.39, 0.29) is 17.9 Å².